The van der Waals surface area contributed by atoms with Crippen molar-refractivity contribution >= 4 is 0 Å². The first-order valence-corrected chi connectivity index (χ1v) is 5.28. The van der Waals surface area contributed by atoms with Crippen molar-refractivity contribution in [1.29, 1.82) is 0 Å². The fraction of sp³-hybridized carbons (Fsp3) is 0.500. The van der Waals surface area contributed by atoms with Crippen LogP contribution in [0.1, 0.15) is 19.4 Å². The van der Waals surface area contributed by atoms with E-state index in [2.05, 4.69) is 0 Å². The number of phenols is 1. The van der Waals surface area contributed by atoms with E-state index in [1.807, 2.05) is 26.0 Å². The van der Waals surface area contributed by atoms with E-state index in [1.165, 1.54) is 0 Å². The van der Waals surface area contributed by atoms with Gasteiger partial charge >= 0.3 is 0 Å². The zero-order valence-electron chi connectivity index (χ0n) is 9.27. The second kappa shape index (κ2) is 6.43. The van der Waals surface area contributed by atoms with Gasteiger partial charge in [-0.15, -0.1) is 0 Å². The van der Waals surface area contributed by atoms with Crippen LogP contribution in [0.15, 0.2) is 24.3 Å². The van der Waals surface area contributed by atoms with Gasteiger partial charge in [-0.1, -0.05) is 18.2 Å². The van der Waals surface area contributed by atoms with Crippen molar-refractivity contribution in [3.05, 3.63) is 29.8 Å². The summed E-state index contributed by atoms with van der Waals surface area (Å²) in [6.07, 6.45) is 0.308. The standard InChI is InChI=1S/C12H18O3/c1-3-14-12(15-4-2)9-10-7-5-6-8-11(10)13/h5-8,12-13H,3-4,9H2,1-2H3. The fourth-order valence-electron chi connectivity index (χ4n) is 1.40. The lowest BCUT2D eigenvalue weighted by Crippen LogP contribution is -2.20. The minimum Gasteiger partial charge on any atom is -0.508 e. The first-order valence-electron chi connectivity index (χ1n) is 5.28. The molecule has 84 valence electrons. The quantitative estimate of drug-likeness (QED) is 0.732. The number of phenolic OH excluding ortho intramolecular Hbond substituents is 1. The molecule has 0 aliphatic carbocycles. The molecule has 0 spiro atoms. The highest BCUT2D eigenvalue weighted by Crippen LogP contribution is 2.18. The summed E-state index contributed by atoms with van der Waals surface area (Å²) >= 11 is 0. The molecule has 0 fully saturated rings. The second-order valence-electron chi connectivity index (χ2n) is 3.17. The molecule has 15 heavy (non-hydrogen) atoms. The molecule has 0 unspecified atom stereocenters. The van der Waals surface area contributed by atoms with Crippen molar-refractivity contribution < 1.29 is 14.6 Å². The predicted octanol–water partition coefficient (Wildman–Crippen LogP) is 2.33. The molecule has 0 radical (unpaired) electrons. The molecular formula is C12H18O3. The van der Waals surface area contributed by atoms with Gasteiger partial charge in [-0.25, -0.2) is 0 Å². The number of hydrogen-bond donors (Lipinski definition) is 1. The summed E-state index contributed by atoms with van der Waals surface area (Å²) in [5, 5.41) is 9.58. The Morgan fingerprint density at radius 3 is 2.27 bits per heavy atom. The zero-order chi connectivity index (χ0) is 11.1. The number of hydrogen-bond acceptors (Lipinski definition) is 3. The lowest BCUT2D eigenvalue weighted by molar-refractivity contribution is -0.134. The topological polar surface area (TPSA) is 38.7 Å². The van der Waals surface area contributed by atoms with Crippen molar-refractivity contribution in [1.82, 2.24) is 0 Å². The van der Waals surface area contributed by atoms with Gasteiger partial charge in [0.15, 0.2) is 6.29 Å². The summed E-state index contributed by atoms with van der Waals surface area (Å²) in [4.78, 5) is 0. The third-order valence-corrected chi connectivity index (χ3v) is 2.08. The Balaban J connectivity index is 2.60. The molecule has 0 heterocycles. The molecule has 0 atom stereocenters. The van der Waals surface area contributed by atoms with Gasteiger partial charge in [-0.05, 0) is 25.5 Å². The fourth-order valence-corrected chi connectivity index (χ4v) is 1.40. The molecule has 0 aliphatic rings. The van der Waals surface area contributed by atoms with Crippen LogP contribution >= 0.6 is 0 Å². The Morgan fingerprint density at radius 2 is 1.73 bits per heavy atom. The van der Waals surface area contributed by atoms with Crippen molar-refractivity contribution in [2.75, 3.05) is 13.2 Å². The number of rotatable bonds is 6. The van der Waals surface area contributed by atoms with Gasteiger partial charge < -0.3 is 14.6 Å². The van der Waals surface area contributed by atoms with Gasteiger partial charge in [0.05, 0.1) is 0 Å². The highest BCUT2D eigenvalue weighted by molar-refractivity contribution is 5.31. The molecule has 3 heteroatoms. The SMILES string of the molecule is CCOC(Cc1ccccc1O)OCC. The summed E-state index contributed by atoms with van der Waals surface area (Å²) in [7, 11) is 0. The molecule has 3 nitrogen and oxygen atoms in total. The van der Waals surface area contributed by atoms with E-state index in [0.29, 0.717) is 25.4 Å². The summed E-state index contributed by atoms with van der Waals surface area (Å²) in [6, 6.07) is 7.24. The normalized spacial score (nSPS) is 10.9. The van der Waals surface area contributed by atoms with Crippen LogP contribution in [0.2, 0.25) is 0 Å². The molecule has 0 bridgehead atoms. The van der Waals surface area contributed by atoms with Crippen molar-refractivity contribution in [3.8, 4) is 5.75 Å². The third-order valence-electron chi connectivity index (χ3n) is 2.08. The highest BCUT2D eigenvalue weighted by atomic mass is 16.7. The van der Waals surface area contributed by atoms with Crippen LogP contribution in [0.3, 0.4) is 0 Å². The molecule has 0 saturated carbocycles. The van der Waals surface area contributed by atoms with E-state index < -0.39 is 0 Å². The molecule has 0 aromatic heterocycles. The Morgan fingerprint density at radius 1 is 1.13 bits per heavy atom. The van der Waals surface area contributed by atoms with Crippen molar-refractivity contribution in [2.24, 2.45) is 0 Å². The zero-order valence-corrected chi connectivity index (χ0v) is 9.27. The van der Waals surface area contributed by atoms with E-state index in [4.69, 9.17) is 9.47 Å². The summed E-state index contributed by atoms with van der Waals surface area (Å²) < 4.78 is 10.8. The summed E-state index contributed by atoms with van der Waals surface area (Å²) in [5.74, 6) is 0.293. The largest absolute Gasteiger partial charge is 0.508 e. The molecule has 1 aromatic rings. The Labute approximate surface area is 90.6 Å². The number of aromatic hydroxyl groups is 1. The minimum atomic E-state index is -0.270. The average molecular weight is 210 g/mol. The van der Waals surface area contributed by atoms with Gasteiger partial charge in [0, 0.05) is 19.6 Å². The molecule has 1 rings (SSSR count). The van der Waals surface area contributed by atoms with E-state index in [9.17, 15) is 5.11 Å². The van der Waals surface area contributed by atoms with E-state index in [0.717, 1.165) is 5.56 Å². The van der Waals surface area contributed by atoms with E-state index in [1.54, 1.807) is 12.1 Å². The lowest BCUT2D eigenvalue weighted by atomic mass is 10.1. The van der Waals surface area contributed by atoms with Crippen LogP contribution in [0, 0.1) is 0 Å². The maximum absolute atomic E-state index is 9.58. The summed E-state index contributed by atoms with van der Waals surface area (Å²) in [6.45, 7) is 5.07. The van der Waals surface area contributed by atoms with E-state index in [-0.39, 0.29) is 6.29 Å². The van der Waals surface area contributed by atoms with Gasteiger partial charge in [-0.2, -0.15) is 0 Å². The van der Waals surface area contributed by atoms with Crippen LogP contribution in [0.4, 0.5) is 0 Å². The van der Waals surface area contributed by atoms with Gasteiger partial charge in [-0.3, -0.25) is 0 Å². The average Bonchev–Trinajstić information content (AvgIpc) is 2.22. The lowest BCUT2D eigenvalue weighted by Gasteiger charge is -2.17. The monoisotopic (exact) mass is 210 g/mol. The third kappa shape index (κ3) is 3.90. The van der Waals surface area contributed by atoms with Crippen LogP contribution in [0.5, 0.6) is 5.75 Å². The van der Waals surface area contributed by atoms with Crippen LogP contribution in [-0.2, 0) is 15.9 Å². The number of ether oxygens (including phenoxy) is 2. The smallest absolute Gasteiger partial charge is 0.161 e. The van der Waals surface area contributed by atoms with Gasteiger partial charge in [0.1, 0.15) is 5.75 Å². The predicted molar refractivity (Wildman–Crippen MR) is 58.9 cm³/mol. The Bertz CT molecular complexity index is 280. The number of para-hydroxylation sites is 1. The van der Waals surface area contributed by atoms with Gasteiger partial charge in [0.25, 0.3) is 0 Å². The first kappa shape index (κ1) is 12.0. The van der Waals surface area contributed by atoms with Crippen molar-refractivity contribution in [2.45, 2.75) is 26.6 Å². The maximum Gasteiger partial charge on any atom is 0.161 e. The molecular weight excluding hydrogens is 192 g/mol. The molecule has 1 N–H and O–H groups in total. The maximum atomic E-state index is 9.58. The highest BCUT2D eigenvalue weighted by Gasteiger charge is 2.11. The number of benzene rings is 1. The second-order valence-corrected chi connectivity index (χ2v) is 3.17. The Kier molecular flexibility index (Phi) is 5.15. The first-order chi connectivity index (χ1) is 7.27. The molecule has 1 aromatic carbocycles. The van der Waals surface area contributed by atoms with Crippen LogP contribution in [-0.4, -0.2) is 24.6 Å². The van der Waals surface area contributed by atoms with E-state index >= 15 is 0 Å². The molecule has 0 saturated heterocycles. The van der Waals surface area contributed by atoms with Gasteiger partial charge in [0.2, 0.25) is 0 Å². The van der Waals surface area contributed by atoms with Crippen LogP contribution < -0.4 is 0 Å². The molecule has 0 amide bonds. The minimum absolute atomic E-state index is 0.270. The van der Waals surface area contributed by atoms with Crippen LogP contribution in [0.25, 0.3) is 0 Å². The summed E-state index contributed by atoms with van der Waals surface area (Å²) in [5.41, 5.74) is 0.851. The molecule has 0 aliphatic heterocycles. The Hall–Kier alpha value is -1.06. The van der Waals surface area contributed by atoms with Crippen molar-refractivity contribution in [3.63, 3.8) is 0 Å².